The molecule has 0 aliphatic rings. The van der Waals surface area contributed by atoms with Gasteiger partial charge in [-0.05, 0) is 52.2 Å². The number of esters is 1. The van der Waals surface area contributed by atoms with Crippen molar-refractivity contribution in [2.45, 2.75) is 70.9 Å². The number of aliphatic hydroxyl groups is 1. The fraction of sp³-hybridized carbons (Fsp3) is 0.591. The minimum atomic E-state index is -3.79. The van der Waals surface area contributed by atoms with Crippen molar-refractivity contribution >= 4 is 16.0 Å². The molecule has 1 N–H and O–H groups in total. The highest BCUT2D eigenvalue weighted by Crippen LogP contribution is 2.24. The standard InChI is InChI=1S/C22H35NO5S/c1-7-18(3)20(16-24)23(15-9-8-10-21(25)28-22(4,5)6)29(26,27)19-13-11-17(2)12-14-19/h8,10-14,18,20,24H,7,9,15-16H2,1-6H3/b10-8+/t18-,20+/m0/s1. The van der Waals surface area contributed by atoms with Gasteiger partial charge in [-0.1, -0.05) is 44.0 Å². The number of hydrogen-bond acceptors (Lipinski definition) is 5. The van der Waals surface area contributed by atoms with Crippen molar-refractivity contribution in [1.29, 1.82) is 0 Å². The lowest BCUT2D eigenvalue weighted by Gasteiger charge is -2.33. The van der Waals surface area contributed by atoms with Crippen LogP contribution in [0.1, 0.15) is 53.0 Å². The Kier molecular flexibility index (Phi) is 9.52. The van der Waals surface area contributed by atoms with Crippen LogP contribution in [0, 0.1) is 12.8 Å². The molecule has 164 valence electrons. The van der Waals surface area contributed by atoms with Gasteiger partial charge in [0.25, 0.3) is 0 Å². The van der Waals surface area contributed by atoms with Gasteiger partial charge in [-0.25, -0.2) is 13.2 Å². The number of nitrogens with zero attached hydrogens (tertiary/aromatic N) is 1. The zero-order chi connectivity index (χ0) is 22.2. The van der Waals surface area contributed by atoms with Crippen molar-refractivity contribution in [1.82, 2.24) is 4.31 Å². The molecular formula is C22H35NO5S. The number of rotatable bonds is 10. The quantitative estimate of drug-likeness (QED) is 0.457. The second-order valence-corrected chi connectivity index (χ2v) is 10.2. The molecule has 7 heteroatoms. The highest BCUT2D eigenvalue weighted by molar-refractivity contribution is 7.89. The van der Waals surface area contributed by atoms with E-state index in [1.54, 1.807) is 51.1 Å². The molecule has 0 aromatic heterocycles. The highest BCUT2D eigenvalue weighted by atomic mass is 32.2. The summed E-state index contributed by atoms with van der Waals surface area (Å²) in [5, 5.41) is 9.93. The number of aryl methyl sites for hydroxylation is 1. The van der Waals surface area contributed by atoms with Gasteiger partial charge in [0.2, 0.25) is 10.0 Å². The number of carbonyl (C=O) groups is 1. The van der Waals surface area contributed by atoms with Crippen LogP contribution in [0.5, 0.6) is 0 Å². The maximum absolute atomic E-state index is 13.3. The van der Waals surface area contributed by atoms with E-state index in [1.165, 1.54) is 10.4 Å². The van der Waals surface area contributed by atoms with Gasteiger partial charge in [0.15, 0.2) is 0 Å². The Hall–Kier alpha value is -1.70. The molecule has 29 heavy (non-hydrogen) atoms. The molecule has 0 saturated heterocycles. The molecule has 1 aromatic carbocycles. The normalized spacial score (nSPS) is 14.9. The number of ether oxygens (including phenoxy) is 1. The van der Waals surface area contributed by atoms with E-state index in [0.717, 1.165) is 12.0 Å². The van der Waals surface area contributed by atoms with E-state index in [2.05, 4.69) is 0 Å². The maximum atomic E-state index is 13.3. The van der Waals surface area contributed by atoms with Crippen LogP contribution in [0.2, 0.25) is 0 Å². The van der Waals surface area contributed by atoms with Gasteiger partial charge in [-0.15, -0.1) is 0 Å². The second kappa shape index (κ2) is 10.9. The molecule has 0 unspecified atom stereocenters. The van der Waals surface area contributed by atoms with Crippen LogP contribution in [0.3, 0.4) is 0 Å². The van der Waals surface area contributed by atoms with Crippen LogP contribution in [-0.4, -0.2) is 48.6 Å². The maximum Gasteiger partial charge on any atom is 0.330 e. The molecule has 0 amide bonds. The Morgan fingerprint density at radius 2 is 1.83 bits per heavy atom. The first kappa shape index (κ1) is 25.3. The zero-order valence-corrected chi connectivity index (χ0v) is 19.2. The summed E-state index contributed by atoms with van der Waals surface area (Å²) in [6.45, 7) is 11.0. The van der Waals surface area contributed by atoms with Gasteiger partial charge >= 0.3 is 5.97 Å². The SMILES string of the molecule is CC[C@H](C)[C@@H](CO)N(CC/C=C/C(=O)OC(C)(C)C)S(=O)(=O)c1ccc(C)cc1. The van der Waals surface area contributed by atoms with Crippen LogP contribution in [0.25, 0.3) is 0 Å². The lowest BCUT2D eigenvalue weighted by Crippen LogP contribution is -2.46. The van der Waals surface area contributed by atoms with Crippen molar-refractivity contribution in [3.63, 3.8) is 0 Å². The predicted molar refractivity (Wildman–Crippen MR) is 115 cm³/mol. The van der Waals surface area contributed by atoms with Crippen LogP contribution in [-0.2, 0) is 19.6 Å². The van der Waals surface area contributed by atoms with Crippen LogP contribution in [0.4, 0.5) is 0 Å². The molecule has 0 spiro atoms. The van der Waals surface area contributed by atoms with E-state index in [4.69, 9.17) is 4.74 Å². The van der Waals surface area contributed by atoms with E-state index < -0.39 is 27.6 Å². The van der Waals surface area contributed by atoms with Gasteiger partial charge in [-0.3, -0.25) is 0 Å². The minimum Gasteiger partial charge on any atom is -0.457 e. The third-order valence-corrected chi connectivity index (χ3v) is 6.60. The molecule has 0 bridgehead atoms. The Morgan fingerprint density at radius 3 is 2.31 bits per heavy atom. The molecule has 2 atom stereocenters. The van der Waals surface area contributed by atoms with Crippen LogP contribution >= 0.6 is 0 Å². The summed E-state index contributed by atoms with van der Waals surface area (Å²) >= 11 is 0. The number of carbonyl (C=O) groups excluding carboxylic acids is 1. The molecule has 0 saturated carbocycles. The molecule has 0 fully saturated rings. The average molecular weight is 426 g/mol. The van der Waals surface area contributed by atoms with Gasteiger partial charge < -0.3 is 9.84 Å². The van der Waals surface area contributed by atoms with Crippen molar-refractivity contribution < 1.29 is 23.1 Å². The summed E-state index contributed by atoms with van der Waals surface area (Å²) in [6.07, 6.45) is 3.99. The molecule has 6 nitrogen and oxygen atoms in total. The molecule has 0 radical (unpaired) electrons. The van der Waals surface area contributed by atoms with Crippen molar-refractivity contribution in [3.8, 4) is 0 Å². The summed E-state index contributed by atoms with van der Waals surface area (Å²) in [4.78, 5) is 12.0. The number of aliphatic hydroxyl groups excluding tert-OH is 1. The van der Waals surface area contributed by atoms with E-state index in [-0.39, 0.29) is 24.0 Å². The number of benzene rings is 1. The largest absolute Gasteiger partial charge is 0.457 e. The number of hydrogen-bond donors (Lipinski definition) is 1. The summed E-state index contributed by atoms with van der Waals surface area (Å²) in [6, 6.07) is 6.13. The first-order valence-electron chi connectivity index (χ1n) is 10.0. The van der Waals surface area contributed by atoms with Gasteiger partial charge in [-0.2, -0.15) is 4.31 Å². The smallest absolute Gasteiger partial charge is 0.330 e. The molecule has 0 aliphatic carbocycles. The van der Waals surface area contributed by atoms with Crippen LogP contribution < -0.4 is 0 Å². The van der Waals surface area contributed by atoms with Crippen molar-refractivity contribution in [3.05, 3.63) is 42.0 Å². The lowest BCUT2D eigenvalue weighted by molar-refractivity contribution is -0.148. The van der Waals surface area contributed by atoms with E-state index in [9.17, 15) is 18.3 Å². The molecule has 0 aliphatic heterocycles. The summed E-state index contributed by atoms with van der Waals surface area (Å²) in [7, 11) is -3.79. The molecule has 0 heterocycles. The molecule has 1 rings (SSSR count). The topological polar surface area (TPSA) is 83.9 Å². The monoisotopic (exact) mass is 425 g/mol. The molecule has 1 aromatic rings. The number of sulfonamides is 1. The summed E-state index contributed by atoms with van der Waals surface area (Å²) in [5.41, 5.74) is 0.386. The van der Waals surface area contributed by atoms with Crippen molar-refractivity contribution in [2.24, 2.45) is 5.92 Å². The minimum absolute atomic E-state index is 0.0185. The third kappa shape index (κ3) is 7.91. The highest BCUT2D eigenvalue weighted by Gasteiger charge is 2.33. The Balaban J connectivity index is 3.06. The molecular weight excluding hydrogens is 390 g/mol. The van der Waals surface area contributed by atoms with Gasteiger partial charge in [0.1, 0.15) is 5.60 Å². The second-order valence-electron chi connectivity index (χ2n) is 8.29. The first-order chi connectivity index (χ1) is 13.4. The fourth-order valence-corrected chi connectivity index (χ4v) is 4.58. The zero-order valence-electron chi connectivity index (χ0n) is 18.4. The Morgan fingerprint density at radius 1 is 1.24 bits per heavy atom. The summed E-state index contributed by atoms with van der Waals surface area (Å²) in [5.74, 6) is -0.485. The Labute approximate surface area is 175 Å². The Bertz CT molecular complexity index is 778. The lowest BCUT2D eigenvalue weighted by atomic mass is 10.00. The third-order valence-electron chi connectivity index (χ3n) is 4.66. The van der Waals surface area contributed by atoms with Crippen molar-refractivity contribution in [2.75, 3.05) is 13.2 Å². The fourth-order valence-electron chi connectivity index (χ4n) is 2.85. The van der Waals surface area contributed by atoms with E-state index in [0.29, 0.717) is 6.42 Å². The first-order valence-corrected chi connectivity index (χ1v) is 11.4. The van der Waals surface area contributed by atoms with E-state index >= 15 is 0 Å². The van der Waals surface area contributed by atoms with Crippen LogP contribution in [0.15, 0.2) is 41.3 Å². The average Bonchev–Trinajstić information content (AvgIpc) is 2.62. The van der Waals surface area contributed by atoms with Gasteiger partial charge in [0, 0.05) is 12.6 Å². The predicted octanol–water partition coefficient (Wildman–Crippen LogP) is 3.68. The summed E-state index contributed by atoms with van der Waals surface area (Å²) < 4.78 is 33.1. The van der Waals surface area contributed by atoms with E-state index in [1.807, 2.05) is 20.8 Å². The van der Waals surface area contributed by atoms with Gasteiger partial charge in [0.05, 0.1) is 17.5 Å².